The summed E-state index contributed by atoms with van der Waals surface area (Å²) in [6.45, 7) is 4.02. The van der Waals surface area contributed by atoms with Crippen molar-refractivity contribution in [2.24, 2.45) is 5.92 Å². The third-order valence-electron chi connectivity index (χ3n) is 12.0. The molecule has 0 bridgehead atoms. The maximum atomic E-state index is 14.6. The summed E-state index contributed by atoms with van der Waals surface area (Å²) in [6, 6.07) is 40.1. The van der Waals surface area contributed by atoms with Gasteiger partial charge >= 0.3 is 12.1 Å². The smallest absolute Gasteiger partial charge is 0.410 e. The number of halogens is 1. The van der Waals surface area contributed by atoms with Gasteiger partial charge in [-0.05, 0) is 60.9 Å². The second kappa shape index (κ2) is 17.4. The predicted octanol–water partition coefficient (Wildman–Crippen LogP) is 10.6. The van der Waals surface area contributed by atoms with E-state index in [2.05, 4.69) is 24.3 Å². The quantitative estimate of drug-likeness (QED) is 0.0930. The molecule has 7 rings (SSSR count). The molecule has 5 aromatic rings. The monoisotopic (exact) mass is 782 g/mol. The Hall–Kier alpha value is -5.40. The number of carbonyl (C=O) groups is 3. The van der Waals surface area contributed by atoms with Crippen LogP contribution in [0.4, 0.5) is 4.79 Å². The van der Waals surface area contributed by atoms with Gasteiger partial charge in [0, 0.05) is 47.8 Å². The number of likely N-dealkylation sites (N-methyl/N-ethyl adjacent to an activating group) is 2. The van der Waals surface area contributed by atoms with Gasteiger partial charge in [-0.15, -0.1) is 0 Å². The van der Waals surface area contributed by atoms with Crippen LogP contribution in [0.15, 0.2) is 127 Å². The Kier molecular flexibility index (Phi) is 12.2. The summed E-state index contributed by atoms with van der Waals surface area (Å²) in [4.78, 5) is 46.0. The molecule has 0 aromatic heterocycles. The summed E-state index contributed by atoms with van der Waals surface area (Å²) in [5.74, 6) is -0.852. The average Bonchev–Trinajstić information content (AvgIpc) is 3.56. The van der Waals surface area contributed by atoms with Crippen molar-refractivity contribution in [3.05, 3.63) is 166 Å². The van der Waals surface area contributed by atoms with Gasteiger partial charge < -0.3 is 14.4 Å². The second-order valence-corrected chi connectivity index (χ2v) is 16.0. The first kappa shape index (κ1) is 39.8. The molecule has 1 saturated carbocycles. The van der Waals surface area contributed by atoms with Crippen molar-refractivity contribution in [1.82, 2.24) is 9.80 Å². The minimum atomic E-state index is -1.36. The number of ether oxygens (including phenoxy) is 2. The largest absolute Gasteiger partial charge is 0.448 e. The lowest BCUT2D eigenvalue weighted by Crippen LogP contribution is -2.54. The topological polar surface area (TPSA) is 76.2 Å². The van der Waals surface area contributed by atoms with Gasteiger partial charge in [-0.1, -0.05) is 158 Å². The molecule has 2 aliphatic rings. The Balaban J connectivity index is 1.11. The van der Waals surface area contributed by atoms with E-state index in [1.807, 2.05) is 111 Å². The third kappa shape index (κ3) is 8.08. The summed E-state index contributed by atoms with van der Waals surface area (Å²) in [5.41, 5.74) is 6.39. The number of amides is 2. The van der Waals surface area contributed by atoms with Gasteiger partial charge in [-0.3, -0.25) is 14.5 Å². The Morgan fingerprint density at radius 3 is 1.91 bits per heavy atom. The summed E-state index contributed by atoms with van der Waals surface area (Å²) < 4.78 is 12.7. The molecule has 294 valence electrons. The number of carbonyl (C=O) groups excluding carboxylic acids is 3. The zero-order valence-corrected chi connectivity index (χ0v) is 34.0. The van der Waals surface area contributed by atoms with Crippen LogP contribution < -0.4 is 0 Å². The molecule has 0 saturated heterocycles. The van der Waals surface area contributed by atoms with Gasteiger partial charge in [-0.2, -0.15) is 0 Å². The van der Waals surface area contributed by atoms with Crippen molar-refractivity contribution in [1.29, 1.82) is 0 Å². The van der Waals surface area contributed by atoms with Crippen LogP contribution in [-0.2, 0) is 24.7 Å². The zero-order valence-electron chi connectivity index (χ0n) is 33.2. The van der Waals surface area contributed by atoms with Crippen LogP contribution in [0.3, 0.4) is 0 Å². The predicted molar refractivity (Wildman–Crippen MR) is 225 cm³/mol. The van der Waals surface area contributed by atoms with Crippen LogP contribution in [0.25, 0.3) is 11.1 Å². The first-order valence-corrected chi connectivity index (χ1v) is 20.4. The number of rotatable bonds is 12. The first-order valence-electron chi connectivity index (χ1n) is 20.0. The molecular weight excluding hydrogens is 732 g/mol. The summed E-state index contributed by atoms with van der Waals surface area (Å²) in [6.07, 6.45) is 4.11. The van der Waals surface area contributed by atoms with E-state index in [1.54, 1.807) is 25.1 Å². The van der Waals surface area contributed by atoms with Gasteiger partial charge in [0.1, 0.15) is 12.6 Å². The number of fused-ring (bicyclic) bond motifs is 3. The van der Waals surface area contributed by atoms with Gasteiger partial charge in [0.05, 0.1) is 6.42 Å². The zero-order chi connectivity index (χ0) is 40.1. The van der Waals surface area contributed by atoms with Gasteiger partial charge in [0.15, 0.2) is 5.60 Å². The highest BCUT2D eigenvalue weighted by Gasteiger charge is 2.44. The highest BCUT2D eigenvalue weighted by Crippen LogP contribution is 2.46. The van der Waals surface area contributed by atoms with E-state index in [0.717, 1.165) is 71.0 Å². The number of nitrogens with zero attached hydrogens (tertiary/aromatic N) is 2. The van der Waals surface area contributed by atoms with E-state index >= 15 is 0 Å². The molecule has 2 aliphatic carbocycles. The van der Waals surface area contributed by atoms with Crippen molar-refractivity contribution in [3.8, 4) is 11.1 Å². The maximum Gasteiger partial charge on any atom is 0.410 e. The molecule has 1 unspecified atom stereocenters. The molecule has 8 heteroatoms. The van der Waals surface area contributed by atoms with Crippen LogP contribution in [0.1, 0.15) is 84.7 Å². The van der Waals surface area contributed by atoms with Crippen LogP contribution in [0, 0.1) is 12.8 Å². The fourth-order valence-corrected chi connectivity index (χ4v) is 9.09. The summed E-state index contributed by atoms with van der Waals surface area (Å²) in [5, 5.41) is 0.460. The molecule has 2 amide bonds. The Morgan fingerprint density at radius 1 is 0.719 bits per heavy atom. The molecule has 0 aliphatic heterocycles. The summed E-state index contributed by atoms with van der Waals surface area (Å²) >= 11 is 6.90. The highest BCUT2D eigenvalue weighted by atomic mass is 35.5. The van der Waals surface area contributed by atoms with E-state index in [-0.39, 0.29) is 30.8 Å². The van der Waals surface area contributed by atoms with Gasteiger partial charge in [0.25, 0.3) is 0 Å². The average molecular weight is 783 g/mol. The maximum absolute atomic E-state index is 14.6. The minimum Gasteiger partial charge on any atom is -0.448 e. The third-order valence-corrected chi connectivity index (χ3v) is 12.3. The van der Waals surface area contributed by atoms with E-state index < -0.39 is 29.7 Å². The van der Waals surface area contributed by atoms with Crippen molar-refractivity contribution in [2.75, 3.05) is 20.7 Å². The lowest BCUT2D eigenvalue weighted by Gasteiger charge is -2.39. The Morgan fingerprint density at radius 2 is 1.28 bits per heavy atom. The first-order chi connectivity index (χ1) is 27.6. The van der Waals surface area contributed by atoms with Gasteiger partial charge in [0.2, 0.25) is 5.91 Å². The SMILES string of the molecule is Cc1ccc(C(OC(=O)C[C@@H](C)N(C)C(=O)[C@H](C2CCCCC2)N(C)C(=O)OCC2c3ccccc3-c3ccccc32)(c2ccccc2)c2ccccc2Cl)cc1. The molecular formula is C49H51ClN2O5. The molecule has 1 fully saturated rings. The highest BCUT2D eigenvalue weighted by molar-refractivity contribution is 6.31. The number of esters is 1. The van der Waals surface area contributed by atoms with E-state index in [9.17, 15) is 14.4 Å². The molecule has 3 atom stereocenters. The van der Waals surface area contributed by atoms with Crippen LogP contribution in [-0.4, -0.2) is 60.6 Å². The van der Waals surface area contributed by atoms with Crippen molar-refractivity contribution in [2.45, 2.75) is 76.0 Å². The second-order valence-electron chi connectivity index (χ2n) is 15.6. The lowest BCUT2D eigenvalue weighted by molar-refractivity contribution is -0.155. The molecule has 5 aromatic carbocycles. The molecule has 0 radical (unpaired) electrons. The fourth-order valence-electron chi connectivity index (χ4n) is 8.82. The van der Waals surface area contributed by atoms with Crippen LogP contribution in [0.2, 0.25) is 5.02 Å². The van der Waals surface area contributed by atoms with Crippen molar-refractivity contribution in [3.63, 3.8) is 0 Å². The summed E-state index contributed by atoms with van der Waals surface area (Å²) in [7, 11) is 3.38. The van der Waals surface area contributed by atoms with Crippen molar-refractivity contribution >= 4 is 29.6 Å². The van der Waals surface area contributed by atoms with Crippen LogP contribution >= 0.6 is 11.6 Å². The molecule has 0 spiro atoms. The standard InChI is InChI=1S/C49H51ClN2O5/c1-33-27-29-37(30-28-33)49(36-19-9-6-10-20-36,43-25-15-16-26-44(43)50)57-45(53)31-34(2)51(3)47(54)46(35-17-7-5-8-18-35)52(4)48(55)56-32-42-40-23-13-11-21-38(40)39-22-12-14-24-41(39)42/h6,9-16,19-30,34-35,42,46H,5,7-8,17-18,31-32H2,1-4H3/t34-,46+,49?/m1/s1. The molecule has 7 nitrogen and oxygen atoms in total. The number of hydrogen-bond donors (Lipinski definition) is 0. The Bertz CT molecular complexity index is 2160. The number of aryl methyl sites for hydroxylation is 1. The molecule has 0 N–H and O–H groups in total. The van der Waals surface area contributed by atoms with Gasteiger partial charge in [-0.25, -0.2) is 4.79 Å². The van der Waals surface area contributed by atoms with E-state index in [4.69, 9.17) is 21.1 Å². The lowest BCUT2D eigenvalue weighted by atomic mass is 9.79. The van der Waals surface area contributed by atoms with E-state index in [0.29, 0.717) is 10.6 Å². The van der Waals surface area contributed by atoms with Crippen LogP contribution in [0.5, 0.6) is 0 Å². The molecule has 57 heavy (non-hydrogen) atoms. The Labute approximate surface area is 341 Å². The normalized spacial score (nSPS) is 16.0. The molecule has 0 heterocycles. The number of hydrogen-bond acceptors (Lipinski definition) is 5. The minimum absolute atomic E-state index is 0.0363. The fraction of sp³-hybridized carbons (Fsp3) is 0.327. The van der Waals surface area contributed by atoms with Crippen molar-refractivity contribution < 1.29 is 23.9 Å². The number of benzene rings is 5. The van der Waals surface area contributed by atoms with E-state index in [1.165, 1.54) is 4.90 Å².